The number of carbonyl (C=O) groups is 1. The van der Waals surface area contributed by atoms with Gasteiger partial charge in [0.25, 0.3) is 5.69 Å². The molecule has 0 amide bonds. The minimum atomic E-state index is -2.86. The van der Waals surface area contributed by atoms with Crippen LogP contribution in [0.25, 0.3) is 0 Å². The van der Waals surface area contributed by atoms with Gasteiger partial charge < -0.3 is 18.8 Å². The third-order valence-electron chi connectivity index (χ3n) is 4.35. The first-order valence-corrected chi connectivity index (χ1v) is 7.14. The van der Waals surface area contributed by atoms with Crippen molar-refractivity contribution in [2.75, 3.05) is 14.1 Å². The van der Waals surface area contributed by atoms with Gasteiger partial charge in [0.2, 0.25) is 0 Å². The molecule has 0 unspecified atom stereocenters. The van der Waals surface area contributed by atoms with Gasteiger partial charge in [0.1, 0.15) is 11.3 Å². The molecule has 0 aromatic heterocycles. The fourth-order valence-electron chi connectivity index (χ4n) is 2.25. The van der Waals surface area contributed by atoms with E-state index >= 15 is 0 Å². The molecule has 0 atom stereocenters. The highest BCUT2D eigenvalue weighted by molar-refractivity contribution is 6.63. The molecule has 1 aliphatic rings. The number of hydrogen-bond donors (Lipinski definition) is 0. The molecule has 1 fully saturated rings. The quantitative estimate of drug-likeness (QED) is 0.356. The van der Waals surface area contributed by atoms with E-state index < -0.39 is 47.5 Å². The Hall–Kier alpha value is -2.13. The van der Waals surface area contributed by atoms with Gasteiger partial charge >= 0.3 is 13.1 Å². The maximum absolute atomic E-state index is 11.9. The molecule has 130 valence electrons. The first kappa shape index (κ1) is 14.2. The molecule has 9 heteroatoms. The number of ether oxygens (including phenoxy) is 2. The van der Waals surface area contributed by atoms with Gasteiger partial charge in [-0.05, 0) is 27.7 Å². The lowest BCUT2D eigenvalue weighted by atomic mass is 9.77. The summed E-state index contributed by atoms with van der Waals surface area (Å²) in [5.74, 6) is -1.29. The number of nitro groups is 1. The molecule has 0 bridgehead atoms. The molecule has 1 aromatic carbocycles. The van der Waals surface area contributed by atoms with Gasteiger partial charge in [0.05, 0.1) is 34.4 Å². The number of nitrogens with zero attached hydrogens (tertiary/aromatic N) is 1. The van der Waals surface area contributed by atoms with E-state index in [9.17, 15) is 14.9 Å². The van der Waals surface area contributed by atoms with E-state index in [0.717, 1.165) is 19.2 Å². The SMILES string of the molecule is [2H]C([2H])([2H])Oc1cc(C(=O)OC)c([N+](=O)[O-])cc1B1OC(C)(C)C(C)(C)O1. The van der Waals surface area contributed by atoms with Gasteiger partial charge in [-0.15, -0.1) is 0 Å². The molecule has 0 N–H and O–H groups in total. The maximum Gasteiger partial charge on any atom is 0.498 e. The number of methoxy groups -OCH3 is 2. The first-order chi connectivity index (χ1) is 12.2. The van der Waals surface area contributed by atoms with Crippen molar-refractivity contribution in [3.05, 3.63) is 27.8 Å². The second-order valence-electron chi connectivity index (χ2n) is 6.35. The zero-order chi connectivity index (χ0) is 20.8. The molecule has 0 aliphatic carbocycles. The smallest absolute Gasteiger partial charge is 0.497 e. The monoisotopic (exact) mass is 340 g/mol. The zero-order valence-electron chi connectivity index (χ0n) is 17.0. The standard InChI is InChI=1S/C15H20BNO7/c1-14(2)15(3,4)24-16(23-14)10-8-11(17(19)20)9(13(18)22-6)7-12(10)21-5/h7-8H,1-6H3/i5D3. The zero-order valence-corrected chi connectivity index (χ0v) is 14.0. The lowest BCUT2D eigenvalue weighted by Crippen LogP contribution is -2.41. The van der Waals surface area contributed by atoms with Crippen LogP contribution in [0.1, 0.15) is 42.2 Å². The maximum atomic E-state index is 11.9. The minimum absolute atomic E-state index is 0.0101. The average molecular weight is 340 g/mol. The Morgan fingerprint density at radius 3 is 2.33 bits per heavy atom. The van der Waals surface area contributed by atoms with Gasteiger partial charge in [-0.1, -0.05) is 0 Å². The van der Waals surface area contributed by atoms with Gasteiger partial charge in [-0.3, -0.25) is 10.1 Å². The normalized spacial score (nSPS) is 20.7. The molecule has 8 nitrogen and oxygen atoms in total. The van der Waals surface area contributed by atoms with Crippen molar-refractivity contribution in [3.8, 4) is 5.75 Å². The lowest BCUT2D eigenvalue weighted by molar-refractivity contribution is -0.385. The summed E-state index contributed by atoms with van der Waals surface area (Å²) in [7, 11) is -2.93. The Kier molecular flexibility index (Phi) is 3.60. The topological polar surface area (TPSA) is 97.1 Å². The van der Waals surface area contributed by atoms with Crippen LogP contribution in [0.4, 0.5) is 5.69 Å². The highest BCUT2D eigenvalue weighted by Crippen LogP contribution is 2.38. The third kappa shape index (κ3) is 2.96. The molecular formula is C15H20BNO7. The number of benzene rings is 1. The van der Waals surface area contributed by atoms with E-state index in [1.165, 1.54) is 0 Å². The summed E-state index contributed by atoms with van der Waals surface area (Å²) in [6.07, 6.45) is 0. The van der Waals surface area contributed by atoms with Crippen molar-refractivity contribution in [2.24, 2.45) is 0 Å². The Labute approximate surface area is 144 Å². The van der Waals surface area contributed by atoms with Crippen LogP contribution in [0.15, 0.2) is 12.1 Å². The molecule has 2 rings (SSSR count). The van der Waals surface area contributed by atoms with Crippen LogP contribution in [0, 0.1) is 10.1 Å². The van der Waals surface area contributed by atoms with Crippen LogP contribution in [-0.4, -0.2) is 43.4 Å². The average Bonchev–Trinajstić information content (AvgIpc) is 2.72. The van der Waals surface area contributed by atoms with Crippen molar-refractivity contribution < 1.29 is 32.6 Å². The van der Waals surface area contributed by atoms with E-state index in [2.05, 4.69) is 4.74 Å². The summed E-state index contributed by atoms with van der Waals surface area (Å²) in [6, 6.07) is 1.96. The minimum Gasteiger partial charge on any atom is -0.497 e. The molecule has 0 saturated carbocycles. The third-order valence-corrected chi connectivity index (χ3v) is 4.35. The Bertz CT molecular complexity index is 763. The van der Waals surface area contributed by atoms with Crippen molar-refractivity contribution in [3.63, 3.8) is 0 Å². The van der Waals surface area contributed by atoms with Gasteiger partial charge in [0, 0.05) is 17.6 Å². The van der Waals surface area contributed by atoms with Crippen LogP contribution in [-0.2, 0) is 14.0 Å². The number of nitro benzene ring substituents is 1. The molecule has 1 aromatic rings. The van der Waals surface area contributed by atoms with Gasteiger partial charge in [0.15, 0.2) is 0 Å². The lowest BCUT2D eigenvalue weighted by Gasteiger charge is -2.32. The fourth-order valence-corrected chi connectivity index (χ4v) is 2.25. The molecule has 0 spiro atoms. The molecule has 1 saturated heterocycles. The van der Waals surface area contributed by atoms with Crippen molar-refractivity contribution in [1.82, 2.24) is 0 Å². The summed E-state index contributed by atoms with van der Waals surface area (Å²) in [5, 5.41) is 11.4. The largest absolute Gasteiger partial charge is 0.498 e. The van der Waals surface area contributed by atoms with Crippen molar-refractivity contribution in [2.45, 2.75) is 38.9 Å². The van der Waals surface area contributed by atoms with Crippen molar-refractivity contribution in [1.29, 1.82) is 0 Å². The number of carbonyl (C=O) groups excluding carboxylic acids is 1. The van der Waals surface area contributed by atoms with E-state index in [1.807, 2.05) is 0 Å². The predicted octanol–water partition coefficient (Wildman–Crippen LogP) is 1.69. The van der Waals surface area contributed by atoms with Gasteiger partial charge in [-0.25, -0.2) is 4.79 Å². The Balaban J connectivity index is 2.66. The molecule has 1 aliphatic heterocycles. The highest BCUT2D eigenvalue weighted by atomic mass is 16.7. The fraction of sp³-hybridized carbons (Fsp3) is 0.533. The number of esters is 1. The van der Waals surface area contributed by atoms with E-state index in [1.54, 1.807) is 27.7 Å². The first-order valence-electron chi connectivity index (χ1n) is 8.64. The van der Waals surface area contributed by atoms with Crippen LogP contribution >= 0.6 is 0 Å². The van der Waals surface area contributed by atoms with Crippen LogP contribution in [0.3, 0.4) is 0 Å². The number of hydrogen-bond acceptors (Lipinski definition) is 7. The van der Waals surface area contributed by atoms with E-state index in [0.29, 0.717) is 0 Å². The van der Waals surface area contributed by atoms with Gasteiger partial charge in [-0.2, -0.15) is 0 Å². The summed E-state index contributed by atoms with van der Waals surface area (Å²) in [6.45, 7) is 7.09. The van der Waals surface area contributed by atoms with E-state index in [-0.39, 0.29) is 11.2 Å². The second-order valence-corrected chi connectivity index (χ2v) is 6.35. The number of rotatable bonds is 4. The van der Waals surface area contributed by atoms with Crippen LogP contribution in [0.5, 0.6) is 5.75 Å². The Morgan fingerprint density at radius 1 is 1.29 bits per heavy atom. The van der Waals surface area contributed by atoms with Crippen molar-refractivity contribution >= 4 is 24.2 Å². The van der Waals surface area contributed by atoms with Crippen LogP contribution < -0.4 is 10.2 Å². The molecule has 1 heterocycles. The Morgan fingerprint density at radius 2 is 1.88 bits per heavy atom. The molecule has 24 heavy (non-hydrogen) atoms. The summed E-state index contributed by atoms with van der Waals surface area (Å²) < 4.78 is 43.2. The van der Waals surface area contributed by atoms with E-state index in [4.69, 9.17) is 18.2 Å². The summed E-state index contributed by atoms with van der Waals surface area (Å²) >= 11 is 0. The van der Waals surface area contributed by atoms with Crippen LogP contribution in [0.2, 0.25) is 0 Å². The molecular weight excluding hydrogens is 317 g/mol. The summed E-state index contributed by atoms with van der Waals surface area (Å²) in [5.41, 5.74) is -2.58. The predicted molar refractivity (Wildman–Crippen MR) is 86.7 cm³/mol. The summed E-state index contributed by atoms with van der Waals surface area (Å²) in [4.78, 5) is 22.6. The highest BCUT2D eigenvalue weighted by Gasteiger charge is 2.53. The second kappa shape index (κ2) is 6.06. The molecule has 0 radical (unpaired) electrons.